The molecule has 0 radical (unpaired) electrons. The maximum atomic E-state index is 14.3. The van der Waals surface area contributed by atoms with Crippen LogP contribution in [0.15, 0.2) is 6.20 Å². The van der Waals surface area contributed by atoms with Crippen molar-refractivity contribution in [1.29, 1.82) is 0 Å². The smallest absolute Gasteiger partial charge is 0.357 e. The zero-order chi connectivity index (χ0) is 19.7. The SMILES string of the molecule is CCCCCCCCCCCCCc1c[nH]c(C(=O)OCCCCO)c1F. The van der Waals surface area contributed by atoms with Gasteiger partial charge in [0.2, 0.25) is 0 Å². The van der Waals surface area contributed by atoms with Crippen LogP contribution in [0.3, 0.4) is 0 Å². The number of H-pyrrole nitrogens is 1. The summed E-state index contributed by atoms with van der Waals surface area (Å²) < 4.78 is 19.3. The Balaban J connectivity index is 2.10. The number of aliphatic hydroxyl groups is 1. The molecule has 0 aliphatic carbocycles. The fourth-order valence-electron chi connectivity index (χ4n) is 3.21. The van der Waals surface area contributed by atoms with Crippen molar-refractivity contribution in [3.05, 3.63) is 23.3 Å². The molecule has 0 atom stereocenters. The van der Waals surface area contributed by atoms with Crippen LogP contribution in [0.2, 0.25) is 0 Å². The molecular weight excluding hydrogens is 345 g/mol. The van der Waals surface area contributed by atoms with Crippen molar-refractivity contribution in [3.63, 3.8) is 0 Å². The summed E-state index contributed by atoms with van der Waals surface area (Å²) in [7, 11) is 0. The number of rotatable bonds is 17. The predicted octanol–water partition coefficient (Wildman–Crippen LogP) is 5.94. The van der Waals surface area contributed by atoms with Crippen LogP contribution in [-0.4, -0.2) is 29.3 Å². The van der Waals surface area contributed by atoms with Gasteiger partial charge in [-0.1, -0.05) is 71.1 Å². The molecule has 4 nitrogen and oxygen atoms in total. The van der Waals surface area contributed by atoms with Gasteiger partial charge in [0.1, 0.15) is 0 Å². The van der Waals surface area contributed by atoms with Crippen LogP contribution < -0.4 is 0 Å². The molecule has 27 heavy (non-hydrogen) atoms. The first-order valence-corrected chi connectivity index (χ1v) is 10.8. The second-order valence-electron chi connectivity index (χ2n) is 7.36. The van der Waals surface area contributed by atoms with Gasteiger partial charge in [-0.2, -0.15) is 0 Å². The van der Waals surface area contributed by atoms with Gasteiger partial charge in [0, 0.05) is 18.4 Å². The molecule has 0 spiro atoms. The number of aliphatic hydroxyl groups excluding tert-OH is 1. The highest BCUT2D eigenvalue weighted by atomic mass is 19.1. The molecule has 0 amide bonds. The summed E-state index contributed by atoms with van der Waals surface area (Å²) in [6.07, 6.45) is 17.3. The van der Waals surface area contributed by atoms with E-state index >= 15 is 0 Å². The number of hydrogen-bond acceptors (Lipinski definition) is 3. The number of halogens is 1. The summed E-state index contributed by atoms with van der Waals surface area (Å²) in [5, 5.41) is 8.69. The number of nitrogens with one attached hydrogen (secondary N) is 1. The van der Waals surface area contributed by atoms with Gasteiger partial charge in [0.05, 0.1) is 6.61 Å². The fraction of sp³-hybridized carbons (Fsp3) is 0.773. The van der Waals surface area contributed by atoms with Gasteiger partial charge in [-0.25, -0.2) is 9.18 Å². The van der Waals surface area contributed by atoms with Gasteiger partial charge in [0.15, 0.2) is 11.5 Å². The van der Waals surface area contributed by atoms with Gasteiger partial charge in [-0.05, 0) is 25.7 Å². The molecular formula is C22H38FNO3. The maximum absolute atomic E-state index is 14.3. The molecule has 0 aromatic carbocycles. The second-order valence-corrected chi connectivity index (χ2v) is 7.36. The zero-order valence-corrected chi connectivity index (χ0v) is 17.0. The Kier molecular flexibility index (Phi) is 13.7. The molecule has 0 saturated carbocycles. The Morgan fingerprint density at radius 2 is 1.56 bits per heavy atom. The van der Waals surface area contributed by atoms with Crippen LogP contribution in [0.1, 0.15) is 106 Å². The molecule has 1 heterocycles. The lowest BCUT2D eigenvalue weighted by Crippen LogP contribution is -2.09. The number of aryl methyl sites for hydroxylation is 1. The Labute approximate surface area is 163 Å². The van der Waals surface area contributed by atoms with E-state index in [9.17, 15) is 9.18 Å². The largest absolute Gasteiger partial charge is 0.461 e. The van der Waals surface area contributed by atoms with Crippen molar-refractivity contribution < 1.29 is 19.0 Å². The molecule has 0 unspecified atom stereocenters. The van der Waals surface area contributed by atoms with E-state index in [1.807, 2.05) is 0 Å². The molecule has 5 heteroatoms. The molecule has 1 aromatic heterocycles. The minimum Gasteiger partial charge on any atom is -0.461 e. The van der Waals surface area contributed by atoms with Gasteiger partial charge >= 0.3 is 5.97 Å². The molecule has 0 saturated heterocycles. The normalized spacial score (nSPS) is 11.1. The number of aromatic nitrogens is 1. The van der Waals surface area contributed by atoms with E-state index in [0.29, 0.717) is 24.8 Å². The lowest BCUT2D eigenvalue weighted by atomic mass is 10.0. The van der Waals surface area contributed by atoms with Crippen molar-refractivity contribution in [2.45, 2.75) is 96.8 Å². The first-order valence-electron chi connectivity index (χ1n) is 10.8. The van der Waals surface area contributed by atoms with Gasteiger partial charge in [0.25, 0.3) is 0 Å². The predicted molar refractivity (Wildman–Crippen MR) is 108 cm³/mol. The van der Waals surface area contributed by atoms with Crippen LogP contribution in [-0.2, 0) is 11.2 Å². The Hall–Kier alpha value is -1.36. The van der Waals surface area contributed by atoms with Gasteiger partial charge in [-0.3, -0.25) is 0 Å². The number of carbonyl (C=O) groups excluding carboxylic acids is 1. The Morgan fingerprint density at radius 1 is 0.963 bits per heavy atom. The molecule has 1 rings (SSSR count). The van der Waals surface area contributed by atoms with E-state index in [1.165, 1.54) is 57.8 Å². The number of carbonyl (C=O) groups is 1. The lowest BCUT2D eigenvalue weighted by molar-refractivity contribution is 0.0481. The minimum absolute atomic E-state index is 0.0670. The van der Waals surface area contributed by atoms with E-state index in [-0.39, 0.29) is 18.9 Å². The molecule has 0 aliphatic heterocycles. The summed E-state index contributed by atoms with van der Waals surface area (Å²) in [5.74, 6) is -1.13. The molecule has 1 aromatic rings. The maximum Gasteiger partial charge on any atom is 0.357 e. The van der Waals surface area contributed by atoms with Crippen LogP contribution in [0.5, 0.6) is 0 Å². The molecule has 0 bridgehead atoms. The molecule has 0 aliphatic rings. The highest BCUT2D eigenvalue weighted by molar-refractivity contribution is 5.88. The van der Waals surface area contributed by atoms with Crippen molar-refractivity contribution in [2.75, 3.05) is 13.2 Å². The summed E-state index contributed by atoms with van der Waals surface area (Å²) in [6, 6.07) is 0. The van der Waals surface area contributed by atoms with Crippen LogP contribution >= 0.6 is 0 Å². The standard InChI is InChI=1S/C22H38FNO3/c1-2-3-4-5-6-7-8-9-10-11-12-15-19-18-24-21(20(19)23)22(26)27-17-14-13-16-25/h18,24-25H,2-17H2,1H3. The highest BCUT2D eigenvalue weighted by Gasteiger charge is 2.18. The highest BCUT2D eigenvalue weighted by Crippen LogP contribution is 2.17. The Bertz CT molecular complexity index is 502. The number of unbranched alkanes of at least 4 members (excludes halogenated alkanes) is 11. The number of ether oxygens (including phenoxy) is 1. The molecule has 0 fully saturated rings. The van der Waals surface area contributed by atoms with Gasteiger partial charge in [-0.15, -0.1) is 0 Å². The van der Waals surface area contributed by atoms with Crippen molar-refractivity contribution in [2.24, 2.45) is 0 Å². The number of esters is 1. The first-order chi connectivity index (χ1) is 13.2. The van der Waals surface area contributed by atoms with Crippen molar-refractivity contribution >= 4 is 5.97 Å². The number of hydrogen-bond donors (Lipinski definition) is 2. The van der Waals surface area contributed by atoms with E-state index in [0.717, 1.165) is 12.8 Å². The zero-order valence-electron chi connectivity index (χ0n) is 17.0. The first kappa shape index (κ1) is 23.7. The van der Waals surface area contributed by atoms with Crippen LogP contribution in [0.25, 0.3) is 0 Å². The monoisotopic (exact) mass is 383 g/mol. The summed E-state index contributed by atoms with van der Waals surface area (Å²) in [5.41, 5.74) is 0.477. The quantitative estimate of drug-likeness (QED) is 0.259. The third kappa shape index (κ3) is 10.5. The summed E-state index contributed by atoms with van der Waals surface area (Å²) in [6.45, 7) is 2.51. The van der Waals surface area contributed by atoms with Crippen molar-refractivity contribution in [3.8, 4) is 0 Å². The van der Waals surface area contributed by atoms with Crippen LogP contribution in [0, 0.1) is 5.82 Å². The van der Waals surface area contributed by atoms with E-state index in [2.05, 4.69) is 11.9 Å². The molecule has 156 valence electrons. The number of aromatic amines is 1. The third-order valence-electron chi connectivity index (χ3n) is 4.93. The average Bonchev–Trinajstić information content (AvgIpc) is 3.04. The van der Waals surface area contributed by atoms with E-state index in [1.54, 1.807) is 6.20 Å². The van der Waals surface area contributed by atoms with Crippen LogP contribution in [0.4, 0.5) is 4.39 Å². The van der Waals surface area contributed by atoms with Gasteiger partial charge < -0.3 is 14.8 Å². The fourth-order valence-corrected chi connectivity index (χ4v) is 3.21. The Morgan fingerprint density at radius 3 is 2.15 bits per heavy atom. The molecule has 2 N–H and O–H groups in total. The van der Waals surface area contributed by atoms with Crippen molar-refractivity contribution in [1.82, 2.24) is 4.98 Å². The van der Waals surface area contributed by atoms with E-state index in [4.69, 9.17) is 9.84 Å². The topological polar surface area (TPSA) is 62.3 Å². The summed E-state index contributed by atoms with van der Waals surface area (Å²) >= 11 is 0. The second kappa shape index (κ2) is 15.7. The van der Waals surface area contributed by atoms with E-state index < -0.39 is 11.8 Å². The average molecular weight is 384 g/mol. The third-order valence-corrected chi connectivity index (χ3v) is 4.93. The summed E-state index contributed by atoms with van der Waals surface area (Å²) in [4.78, 5) is 14.6. The minimum atomic E-state index is -0.657. The lowest BCUT2D eigenvalue weighted by Gasteiger charge is -2.03.